The molecule has 1 amide bonds. The van der Waals surface area contributed by atoms with Gasteiger partial charge in [0.25, 0.3) is 0 Å². The number of carboxylic acids is 1. The van der Waals surface area contributed by atoms with Gasteiger partial charge in [-0.3, -0.25) is 9.59 Å². The van der Waals surface area contributed by atoms with E-state index in [0.29, 0.717) is 6.42 Å². The summed E-state index contributed by atoms with van der Waals surface area (Å²) in [5.41, 5.74) is -1.30. The van der Waals surface area contributed by atoms with Crippen LogP contribution in [0.5, 0.6) is 0 Å². The quantitative estimate of drug-likeness (QED) is 0.642. The molecule has 4 heteroatoms. The third-order valence-electron chi connectivity index (χ3n) is 2.02. The first kappa shape index (κ1) is 11.9. The molecule has 0 aliphatic carbocycles. The molecule has 1 unspecified atom stereocenters. The van der Waals surface area contributed by atoms with Gasteiger partial charge in [0.05, 0.1) is 0 Å². The zero-order valence-electron chi connectivity index (χ0n) is 8.55. The third kappa shape index (κ3) is 2.72. The van der Waals surface area contributed by atoms with E-state index in [1.807, 2.05) is 13.8 Å². The Hall–Kier alpha value is -1.06. The summed E-state index contributed by atoms with van der Waals surface area (Å²) in [5, 5.41) is 11.3. The van der Waals surface area contributed by atoms with Crippen LogP contribution in [0.15, 0.2) is 0 Å². The molecule has 0 fully saturated rings. The average molecular weight is 187 g/mol. The van der Waals surface area contributed by atoms with Gasteiger partial charge in [0.1, 0.15) is 5.41 Å². The maximum atomic E-state index is 11.3. The van der Waals surface area contributed by atoms with Crippen LogP contribution in [-0.2, 0) is 9.59 Å². The van der Waals surface area contributed by atoms with Crippen molar-refractivity contribution < 1.29 is 14.7 Å². The van der Waals surface area contributed by atoms with E-state index in [2.05, 4.69) is 5.32 Å². The molecule has 0 aliphatic heterocycles. The SMILES string of the molecule is CNC(=O)C(C)(CC(C)C)C(=O)O. The number of rotatable bonds is 4. The minimum atomic E-state index is -1.30. The fraction of sp³-hybridized carbons (Fsp3) is 0.778. The Morgan fingerprint density at radius 3 is 2.15 bits per heavy atom. The number of carboxylic acid groups (broad SMARTS) is 1. The van der Waals surface area contributed by atoms with Gasteiger partial charge in [-0.15, -0.1) is 0 Å². The van der Waals surface area contributed by atoms with Gasteiger partial charge in [-0.25, -0.2) is 0 Å². The molecule has 0 bridgehead atoms. The molecule has 0 saturated heterocycles. The molecule has 0 aromatic carbocycles. The smallest absolute Gasteiger partial charge is 0.318 e. The molecule has 1 atom stereocenters. The molecule has 0 spiro atoms. The summed E-state index contributed by atoms with van der Waals surface area (Å²) in [6.07, 6.45) is 0.349. The second kappa shape index (κ2) is 4.25. The Morgan fingerprint density at radius 1 is 1.46 bits per heavy atom. The first-order valence-corrected chi connectivity index (χ1v) is 4.30. The number of hydrogen-bond donors (Lipinski definition) is 2. The Balaban J connectivity index is 4.73. The van der Waals surface area contributed by atoms with E-state index in [1.165, 1.54) is 14.0 Å². The van der Waals surface area contributed by atoms with Crippen LogP contribution in [0.3, 0.4) is 0 Å². The maximum Gasteiger partial charge on any atom is 0.318 e. The Bertz CT molecular complexity index is 213. The van der Waals surface area contributed by atoms with Crippen LogP contribution in [-0.4, -0.2) is 24.0 Å². The monoisotopic (exact) mass is 187 g/mol. The van der Waals surface area contributed by atoms with Crippen molar-refractivity contribution in [3.8, 4) is 0 Å². The van der Waals surface area contributed by atoms with Gasteiger partial charge in [-0.05, 0) is 19.3 Å². The van der Waals surface area contributed by atoms with Crippen LogP contribution >= 0.6 is 0 Å². The van der Waals surface area contributed by atoms with Crippen LogP contribution in [0.1, 0.15) is 27.2 Å². The van der Waals surface area contributed by atoms with E-state index in [-0.39, 0.29) is 5.92 Å². The summed E-state index contributed by atoms with van der Waals surface area (Å²) in [7, 11) is 1.45. The molecule has 0 aromatic heterocycles. The summed E-state index contributed by atoms with van der Waals surface area (Å²) in [6, 6.07) is 0. The summed E-state index contributed by atoms with van der Waals surface area (Å²) in [5.74, 6) is -1.33. The molecule has 13 heavy (non-hydrogen) atoms. The zero-order chi connectivity index (χ0) is 10.6. The Kier molecular flexibility index (Phi) is 3.91. The lowest BCUT2D eigenvalue weighted by Crippen LogP contribution is -2.43. The number of carbonyl (C=O) groups is 2. The van der Waals surface area contributed by atoms with E-state index in [4.69, 9.17) is 5.11 Å². The van der Waals surface area contributed by atoms with Crippen LogP contribution in [0.4, 0.5) is 0 Å². The fourth-order valence-corrected chi connectivity index (χ4v) is 1.37. The Labute approximate surface area is 78.3 Å². The highest BCUT2D eigenvalue weighted by Gasteiger charge is 2.40. The second-order valence-corrected chi connectivity index (χ2v) is 3.81. The van der Waals surface area contributed by atoms with Gasteiger partial charge in [0.2, 0.25) is 5.91 Å². The molecule has 4 nitrogen and oxygen atoms in total. The molecule has 0 heterocycles. The van der Waals surface area contributed by atoms with Crippen molar-refractivity contribution in [2.45, 2.75) is 27.2 Å². The summed E-state index contributed by atoms with van der Waals surface area (Å²) in [4.78, 5) is 22.2. The molecule has 0 aliphatic rings. The summed E-state index contributed by atoms with van der Waals surface area (Å²) in [6.45, 7) is 5.24. The number of nitrogens with one attached hydrogen (secondary N) is 1. The molecule has 0 aromatic rings. The van der Waals surface area contributed by atoms with E-state index >= 15 is 0 Å². The first-order valence-electron chi connectivity index (χ1n) is 4.30. The molecular weight excluding hydrogens is 170 g/mol. The van der Waals surface area contributed by atoms with Crippen LogP contribution in [0.25, 0.3) is 0 Å². The molecule has 0 rings (SSSR count). The fourth-order valence-electron chi connectivity index (χ4n) is 1.37. The van der Waals surface area contributed by atoms with Gasteiger partial charge in [0.15, 0.2) is 0 Å². The maximum absolute atomic E-state index is 11.3. The van der Waals surface area contributed by atoms with Crippen LogP contribution in [0.2, 0.25) is 0 Å². The number of aliphatic carboxylic acids is 1. The summed E-state index contributed by atoms with van der Waals surface area (Å²) >= 11 is 0. The van der Waals surface area contributed by atoms with E-state index in [1.54, 1.807) is 0 Å². The lowest BCUT2D eigenvalue weighted by Gasteiger charge is -2.24. The number of carbonyl (C=O) groups excluding carboxylic acids is 1. The van der Waals surface area contributed by atoms with Crippen LogP contribution in [0, 0.1) is 11.3 Å². The lowest BCUT2D eigenvalue weighted by atomic mass is 9.81. The highest BCUT2D eigenvalue weighted by molar-refractivity contribution is 6.01. The largest absolute Gasteiger partial charge is 0.480 e. The van der Waals surface area contributed by atoms with Crippen molar-refractivity contribution in [1.29, 1.82) is 0 Å². The van der Waals surface area contributed by atoms with E-state index in [9.17, 15) is 9.59 Å². The molecule has 2 N–H and O–H groups in total. The van der Waals surface area contributed by atoms with Gasteiger partial charge in [-0.2, -0.15) is 0 Å². The predicted molar refractivity (Wildman–Crippen MR) is 49.3 cm³/mol. The van der Waals surface area contributed by atoms with Gasteiger partial charge in [0, 0.05) is 7.05 Å². The van der Waals surface area contributed by atoms with Gasteiger partial charge >= 0.3 is 5.97 Å². The summed E-state index contributed by atoms with van der Waals surface area (Å²) < 4.78 is 0. The van der Waals surface area contributed by atoms with Crippen molar-refractivity contribution in [2.24, 2.45) is 11.3 Å². The van der Waals surface area contributed by atoms with E-state index in [0.717, 1.165) is 0 Å². The van der Waals surface area contributed by atoms with Crippen molar-refractivity contribution in [1.82, 2.24) is 5.32 Å². The molecule has 76 valence electrons. The molecule has 0 saturated carbocycles. The van der Waals surface area contributed by atoms with Crippen LogP contribution < -0.4 is 5.32 Å². The topological polar surface area (TPSA) is 66.4 Å². The van der Waals surface area contributed by atoms with Gasteiger partial charge in [-0.1, -0.05) is 13.8 Å². The minimum Gasteiger partial charge on any atom is -0.480 e. The zero-order valence-corrected chi connectivity index (χ0v) is 8.55. The third-order valence-corrected chi connectivity index (χ3v) is 2.02. The lowest BCUT2D eigenvalue weighted by molar-refractivity contribution is -0.155. The average Bonchev–Trinajstić information content (AvgIpc) is 2.01. The standard InChI is InChI=1S/C9H17NO3/c1-6(2)5-9(3,8(12)13)7(11)10-4/h6H,5H2,1-4H3,(H,10,11)(H,12,13). The van der Waals surface area contributed by atoms with Crippen molar-refractivity contribution >= 4 is 11.9 Å². The van der Waals surface area contributed by atoms with E-state index < -0.39 is 17.3 Å². The van der Waals surface area contributed by atoms with Crippen molar-refractivity contribution in [3.05, 3.63) is 0 Å². The number of amides is 1. The molecular formula is C9H17NO3. The minimum absolute atomic E-state index is 0.179. The number of hydrogen-bond acceptors (Lipinski definition) is 2. The van der Waals surface area contributed by atoms with Gasteiger partial charge < -0.3 is 10.4 Å². The predicted octanol–water partition coefficient (Wildman–Crippen LogP) is 0.869. The second-order valence-electron chi connectivity index (χ2n) is 3.81. The highest BCUT2D eigenvalue weighted by atomic mass is 16.4. The highest BCUT2D eigenvalue weighted by Crippen LogP contribution is 2.26. The van der Waals surface area contributed by atoms with Crippen molar-refractivity contribution in [3.63, 3.8) is 0 Å². The molecule has 0 radical (unpaired) electrons. The normalized spacial score (nSPS) is 15.2. The first-order chi connectivity index (χ1) is 5.84. The Morgan fingerprint density at radius 2 is 1.92 bits per heavy atom. The van der Waals surface area contributed by atoms with Crippen molar-refractivity contribution in [2.75, 3.05) is 7.05 Å².